The van der Waals surface area contributed by atoms with Gasteiger partial charge in [0.1, 0.15) is 5.75 Å². The standard InChI is InChI=1S/C27H29N3O2/c1-30(25(32)16-19-7-3-2-4-8-19)27-24(15-18-9-5-6-10-18)28-26-22-13-12-21(31)17-20(22)11-14-23(26)29-27/h2-4,7-8,12-13,17-18,31H,5-6,9-11,14-16H2,1H3. The zero-order valence-electron chi connectivity index (χ0n) is 18.6. The minimum absolute atomic E-state index is 0.0271. The lowest BCUT2D eigenvalue weighted by Crippen LogP contribution is -2.31. The van der Waals surface area contributed by atoms with E-state index in [9.17, 15) is 9.90 Å². The van der Waals surface area contributed by atoms with E-state index in [4.69, 9.17) is 9.97 Å². The number of likely N-dealkylation sites (N-methyl/N-ethyl adjacent to an activating group) is 1. The van der Waals surface area contributed by atoms with Gasteiger partial charge >= 0.3 is 0 Å². The summed E-state index contributed by atoms with van der Waals surface area (Å²) in [6.45, 7) is 0. The van der Waals surface area contributed by atoms with E-state index in [0.29, 0.717) is 18.2 Å². The summed E-state index contributed by atoms with van der Waals surface area (Å²) in [7, 11) is 1.83. The number of hydrogen-bond acceptors (Lipinski definition) is 4. The summed E-state index contributed by atoms with van der Waals surface area (Å²) < 4.78 is 0. The molecule has 2 aliphatic rings. The van der Waals surface area contributed by atoms with E-state index in [-0.39, 0.29) is 11.7 Å². The molecular formula is C27H29N3O2. The van der Waals surface area contributed by atoms with Crippen LogP contribution in [0.3, 0.4) is 0 Å². The molecular weight excluding hydrogens is 398 g/mol. The summed E-state index contributed by atoms with van der Waals surface area (Å²) in [6.07, 6.45) is 7.74. The molecule has 0 unspecified atom stereocenters. The molecule has 2 aromatic carbocycles. The number of nitrogens with zero attached hydrogens (tertiary/aromatic N) is 3. The number of aryl methyl sites for hydroxylation is 2. The van der Waals surface area contributed by atoms with E-state index in [1.54, 1.807) is 11.0 Å². The fourth-order valence-corrected chi connectivity index (χ4v) is 5.06. The third kappa shape index (κ3) is 4.12. The quantitative estimate of drug-likeness (QED) is 0.630. The van der Waals surface area contributed by atoms with Crippen LogP contribution in [0.15, 0.2) is 48.5 Å². The Labute approximate surface area is 189 Å². The van der Waals surface area contributed by atoms with Gasteiger partial charge in [0.15, 0.2) is 5.82 Å². The molecule has 0 aliphatic heterocycles. The molecule has 32 heavy (non-hydrogen) atoms. The highest BCUT2D eigenvalue weighted by atomic mass is 16.3. The molecule has 1 heterocycles. The average molecular weight is 428 g/mol. The third-order valence-electron chi connectivity index (χ3n) is 6.84. The number of benzene rings is 2. The van der Waals surface area contributed by atoms with Gasteiger partial charge in [-0.25, -0.2) is 9.97 Å². The zero-order chi connectivity index (χ0) is 22.1. The molecule has 3 aromatic rings. The Bertz CT molecular complexity index is 1140. The largest absolute Gasteiger partial charge is 0.508 e. The van der Waals surface area contributed by atoms with Crippen molar-refractivity contribution >= 4 is 11.7 Å². The van der Waals surface area contributed by atoms with Crippen LogP contribution in [0.2, 0.25) is 0 Å². The van der Waals surface area contributed by atoms with Crippen molar-refractivity contribution in [2.24, 2.45) is 5.92 Å². The monoisotopic (exact) mass is 427 g/mol. The number of anilines is 1. The van der Waals surface area contributed by atoms with E-state index in [1.165, 1.54) is 25.7 Å². The fraction of sp³-hybridized carbons (Fsp3) is 0.370. The predicted octanol–water partition coefficient (Wildman–Crippen LogP) is 4.89. The van der Waals surface area contributed by atoms with Crippen molar-refractivity contribution in [3.8, 4) is 17.0 Å². The van der Waals surface area contributed by atoms with E-state index in [1.807, 2.05) is 49.5 Å². The first-order valence-corrected chi connectivity index (χ1v) is 11.6. The maximum Gasteiger partial charge on any atom is 0.232 e. The van der Waals surface area contributed by atoms with E-state index in [0.717, 1.165) is 53.0 Å². The summed E-state index contributed by atoms with van der Waals surface area (Å²) in [4.78, 5) is 25.0. The Morgan fingerprint density at radius 1 is 1.06 bits per heavy atom. The van der Waals surface area contributed by atoms with Crippen LogP contribution in [0.1, 0.15) is 48.2 Å². The normalized spacial score (nSPS) is 15.3. The van der Waals surface area contributed by atoms with E-state index in [2.05, 4.69) is 0 Å². The average Bonchev–Trinajstić information content (AvgIpc) is 3.31. The molecule has 1 fully saturated rings. The van der Waals surface area contributed by atoms with Gasteiger partial charge in [0.2, 0.25) is 5.91 Å². The van der Waals surface area contributed by atoms with Crippen molar-refractivity contribution in [2.75, 3.05) is 11.9 Å². The summed E-state index contributed by atoms with van der Waals surface area (Å²) in [5.74, 6) is 1.62. The van der Waals surface area contributed by atoms with Crippen molar-refractivity contribution < 1.29 is 9.90 Å². The number of phenols is 1. The van der Waals surface area contributed by atoms with Gasteiger partial charge in [0.25, 0.3) is 0 Å². The number of fused-ring (bicyclic) bond motifs is 3. The van der Waals surface area contributed by atoms with Gasteiger partial charge in [-0.1, -0.05) is 56.0 Å². The molecule has 0 saturated heterocycles. The van der Waals surface area contributed by atoms with E-state index >= 15 is 0 Å². The van der Waals surface area contributed by atoms with Gasteiger partial charge < -0.3 is 5.11 Å². The first-order chi connectivity index (χ1) is 15.6. The highest BCUT2D eigenvalue weighted by Crippen LogP contribution is 2.37. The number of carbonyl (C=O) groups excluding carboxylic acids is 1. The molecule has 1 N–H and O–H groups in total. The van der Waals surface area contributed by atoms with Crippen molar-refractivity contribution in [3.05, 3.63) is 71.0 Å². The zero-order valence-corrected chi connectivity index (χ0v) is 18.6. The lowest BCUT2D eigenvalue weighted by Gasteiger charge is -2.25. The Morgan fingerprint density at radius 3 is 2.62 bits per heavy atom. The molecule has 164 valence electrons. The molecule has 5 rings (SSSR count). The Hall–Kier alpha value is -3.21. The van der Waals surface area contributed by atoms with Crippen LogP contribution in [0.4, 0.5) is 5.82 Å². The maximum absolute atomic E-state index is 13.1. The SMILES string of the molecule is CN(C(=O)Cc1ccccc1)c1nc2c(nc1CC1CCCC1)-c1ccc(O)cc1CC2. The van der Waals surface area contributed by atoms with Crippen LogP contribution < -0.4 is 4.90 Å². The van der Waals surface area contributed by atoms with Crippen molar-refractivity contribution in [2.45, 2.75) is 51.4 Å². The number of rotatable bonds is 5. The number of amides is 1. The first-order valence-electron chi connectivity index (χ1n) is 11.6. The number of hydrogen-bond donors (Lipinski definition) is 1. The summed E-state index contributed by atoms with van der Waals surface area (Å²) in [6, 6.07) is 15.3. The second kappa shape index (κ2) is 8.73. The van der Waals surface area contributed by atoms with Gasteiger partial charge in [-0.2, -0.15) is 0 Å². The van der Waals surface area contributed by atoms with Crippen LogP contribution in [-0.4, -0.2) is 28.0 Å². The molecule has 2 aliphatic carbocycles. The summed E-state index contributed by atoms with van der Waals surface area (Å²) in [5, 5.41) is 9.90. The molecule has 1 amide bonds. The van der Waals surface area contributed by atoms with Crippen LogP contribution in [0.5, 0.6) is 5.75 Å². The van der Waals surface area contributed by atoms with Crippen molar-refractivity contribution in [3.63, 3.8) is 0 Å². The molecule has 5 heteroatoms. The van der Waals surface area contributed by atoms with Crippen LogP contribution in [0, 0.1) is 5.92 Å². The number of carbonyl (C=O) groups is 1. The highest BCUT2D eigenvalue weighted by molar-refractivity contribution is 5.94. The molecule has 0 atom stereocenters. The number of aromatic nitrogens is 2. The maximum atomic E-state index is 13.1. The molecule has 1 aromatic heterocycles. The predicted molar refractivity (Wildman–Crippen MR) is 126 cm³/mol. The van der Waals surface area contributed by atoms with Crippen molar-refractivity contribution in [1.82, 2.24) is 9.97 Å². The molecule has 1 saturated carbocycles. The van der Waals surface area contributed by atoms with E-state index < -0.39 is 0 Å². The molecule has 0 radical (unpaired) electrons. The molecule has 0 spiro atoms. The minimum Gasteiger partial charge on any atom is -0.508 e. The van der Waals surface area contributed by atoms with Gasteiger partial charge in [-0.3, -0.25) is 9.69 Å². The number of aromatic hydroxyl groups is 1. The lowest BCUT2D eigenvalue weighted by atomic mass is 9.91. The highest BCUT2D eigenvalue weighted by Gasteiger charge is 2.27. The second-order valence-electron chi connectivity index (χ2n) is 9.10. The smallest absolute Gasteiger partial charge is 0.232 e. The van der Waals surface area contributed by atoms with Crippen molar-refractivity contribution in [1.29, 1.82) is 0 Å². The summed E-state index contributed by atoms with van der Waals surface area (Å²) in [5.41, 5.74) is 5.93. The fourth-order valence-electron chi connectivity index (χ4n) is 5.06. The first kappa shape index (κ1) is 20.7. The Balaban J connectivity index is 1.52. The third-order valence-corrected chi connectivity index (χ3v) is 6.84. The van der Waals surface area contributed by atoms with Gasteiger partial charge in [0, 0.05) is 12.6 Å². The van der Waals surface area contributed by atoms with Gasteiger partial charge in [-0.05, 0) is 54.5 Å². The van der Waals surface area contributed by atoms with Crippen LogP contribution in [-0.2, 0) is 30.5 Å². The summed E-state index contributed by atoms with van der Waals surface area (Å²) >= 11 is 0. The Morgan fingerprint density at radius 2 is 1.84 bits per heavy atom. The van der Waals surface area contributed by atoms with Gasteiger partial charge in [0.05, 0.1) is 23.5 Å². The number of phenolic OH excluding ortho intramolecular Hbond substituents is 1. The minimum atomic E-state index is 0.0271. The molecule has 5 nitrogen and oxygen atoms in total. The topological polar surface area (TPSA) is 66.3 Å². The lowest BCUT2D eigenvalue weighted by molar-refractivity contribution is -0.117. The van der Waals surface area contributed by atoms with Crippen LogP contribution in [0.25, 0.3) is 11.3 Å². The Kier molecular flexibility index (Phi) is 5.64. The van der Waals surface area contributed by atoms with Gasteiger partial charge in [-0.15, -0.1) is 0 Å². The van der Waals surface area contributed by atoms with Crippen LogP contribution >= 0.6 is 0 Å². The second-order valence-corrected chi connectivity index (χ2v) is 9.10. The molecule has 0 bridgehead atoms.